The van der Waals surface area contributed by atoms with Crippen LogP contribution in [-0.2, 0) is 11.3 Å². The lowest BCUT2D eigenvalue weighted by Crippen LogP contribution is -2.38. The normalized spacial score (nSPS) is 17.3. The first-order chi connectivity index (χ1) is 19.6. The Morgan fingerprint density at radius 3 is 2.63 bits per heavy atom. The summed E-state index contributed by atoms with van der Waals surface area (Å²) >= 11 is 0.828. The average molecular weight is 589 g/mol. The number of aromatic nitrogens is 3. The summed E-state index contributed by atoms with van der Waals surface area (Å²) in [7, 11) is 0. The van der Waals surface area contributed by atoms with Crippen molar-refractivity contribution in [3.05, 3.63) is 70.8 Å². The van der Waals surface area contributed by atoms with E-state index in [0.29, 0.717) is 42.9 Å². The molecule has 4 heterocycles. The highest BCUT2D eigenvalue weighted by Gasteiger charge is 2.32. The molecule has 214 valence electrons. The molecule has 0 atom stereocenters. The van der Waals surface area contributed by atoms with Crippen LogP contribution in [0.1, 0.15) is 24.2 Å². The van der Waals surface area contributed by atoms with Crippen LogP contribution in [-0.4, -0.2) is 52.1 Å². The molecule has 2 aromatic heterocycles. The van der Waals surface area contributed by atoms with Gasteiger partial charge in [0, 0.05) is 37.5 Å². The summed E-state index contributed by atoms with van der Waals surface area (Å²) in [6.07, 6.45) is -0.0305. The summed E-state index contributed by atoms with van der Waals surface area (Å²) in [4.78, 5) is 38.7. The average Bonchev–Trinajstić information content (AvgIpc) is 3.24. The molecule has 3 aromatic rings. The van der Waals surface area contributed by atoms with Crippen LogP contribution in [0.5, 0.6) is 5.75 Å². The first-order valence-electron chi connectivity index (χ1n) is 12.7. The van der Waals surface area contributed by atoms with Crippen LogP contribution < -0.4 is 20.3 Å². The van der Waals surface area contributed by atoms with Gasteiger partial charge in [-0.15, -0.1) is 13.2 Å². The molecule has 0 unspecified atom stereocenters. The van der Waals surface area contributed by atoms with E-state index in [1.165, 1.54) is 24.3 Å². The lowest BCUT2D eigenvalue weighted by Gasteiger charge is -2.32. The Hall–Kier alpha value is -4.04. The summed E-state index contributed by atoms with van der Waals surface area (Å²) < 4.78 is 56.9. The highest BCUT2D eigenvalue weighted by molar-refractivity contribution is 8.18. The Bertz CT molecular complexity index is 1480. The van der Waals surface area contributed by atoms with Crippen molar-refractivity contribution >= 4 is 34.9 Å². The molecule has 0 aliphatic carbocycles. The Balaban J connectivity index is 1.15. The largest absolute Gasteiger partial charge is 0.573 e. The zero-order valence-corrected chi connectivity index (χ0v) is 22.3. The van der Waals surface area contributed by atoms with Gasteiger partial charge >= 0.3 is 6.36 Å². The number of halogens is 4. The number of para-hydroxylation sites is 1. The number of benzene rings is 1. The molecule has 2 N–H and O–H groups in total. The number of thioether (sulfide) groups is 1. The third-order valence-electron chi connectivity index (χ3n) is 6.45. The van der Waals surface area contributed by atoms with Crippen LogP contribution >= 0.6 is 11.8 Å². The summed E-state index contributed by atoms with van der Waals surface area (Å²) in [6.45, 7) is 2.29. The van der Waals surface area contributed by atoms with Crippen molar-refractivity contribution < 1.29 is 31.9 Å². The number of nitrogens with one attached hydrogen (secondary N) is 2. The van der Waals surface area contributed by atoms with E-state index in [1.54, 1.807) is 18.3 Å². The van der Waals surface area contributed by atoms with Crippen molar-refractivity contribution in [3.63, 3.8) is 0 Å². The Morgan fingerprint density at radius 2 is 1.90 bits per heavy atom. The molecule has 2 amide bonds. The van der Waals surface area contributed by atoms with E-state index in [1.807, 2.05) is 4.90 Å². The van der Waals surface area contributed by atoms with Gasteiger partial charge in [-0.2, -0.15) is 0 Å². The maximum atomic E-state index is 14.4. The number of imide groups is 1. The van der Waals surface area contributed by atoms with Crippen LogP contribution in [0.15, 0.2) is 53.6 Å². The molecule has 41 heavy (non-hydrogen) atoms. The summed E-state index contributed by atoms with van der Waals surface area (Å²) in [5.74, 6) is -0.646. The monoisotopic (exact) mass is 588 g/mol. The number of carbonyl (C=O) groups is 2. The highest BCUT2D eigenvalue weighted by atomic mass is 32.2. The number of hydrogen-bond donors (Lipinski definition) is 2. The predicted molar refractivity (Wildman–Crippen MR) is 144 cm³/mol. The molecule has 0 saturated carbocycles. The van der Waals surface area contributed by atoms with Crippen LogP contribution in [0.25, 0.3) is 17.3 Å². The smallest absolute Gasteiger partial charge is 0.405 e. The van der Waals surface area contributed by atoms with Crippen LogP contribution in [0, 0.1) is 11.7 Å². The first-order valence-corrected chi connectivity index (χ1v) is 13.5. The molecular formula is C27H24F4N6O3S. The van der Waals surface area contributed by atoms with Crippen LogP contribution in [0.3, 0.4) is 0 Å². The third-order valence-corrected chi connectivity index (χ3v) is 7.26. The van der Waals surface area contributed by atoms with Gasteiger partial charge in [-0.05, 0) is 67.4 Å². The van der Waals surface area contributed by atoms with Crippen molar-refractivity contribution in [2.45, 2.75) is 25.7 Å². The molecule has 0 bridgehead atoms. The summed E-state index contributed by atoms with van der Waals surface area (Å²) in [6, 6.07) is 9.47. The Kier molecular flexibility index (Phi) is 8.49. The minimum absolute atomic E-state index is 0.0409. The molecule has 1 aromatic carbocycles. The second kappa shape index (κ2) is 12.2. The van der Waals surface area contributed by atoms with Gasteiger partial charge in [0.25, 0.3) is 11.1 Å². The van der Waals surface area contributed by atoms with Gasteiger partial charge in [-0.3, -0.25) is 19.9 Å². The van der Waals surface area contributed by atoms with Gasteiger partial charge < -0.3 is 15.0 Å². The van der Waals surface area contributed by atoms with Gasteiger partial charge in [0.2, 0.25) is 5.95 Å². The molecular weight excluding hydrogens is 564 g/mol. The van der Waals surface area contributed by atoms with Gasteiger partial charge in [0.05, 0.1) is 22.0 Å². The fourth-order valence-electron chi connectivity index (χ4n) is 4.56. The molecule has 2 aliphatic rings. The van der Waals surface area contributed by atoms with Crippen molar-refractivity contribution in [2.24, 2.45) is 5.92 Å². The number of hydrogen-bond acceptors (Lipinski definition) is 9. The van der Waals surface area contributed by atoms with E-state index in [-0.39, 0.29) is 22.7 Å². The number of anilines is 1. The standard InChI is InChI=1S/C27H24F4N6O3S/c28-17-11-19(34-21(12-17)20-3-1-2-4-22(20)40-27(29,30)31)15-32-14-16-6-9-37(10-7-16)25-33-8-5-18(35-25)13-23-24(38)36-26(39)41-23/h1-5,8,11-13,16,32H,6-7,9-10,14-15H2,(H,36,38,39)/b23-13+. The summed E-state index contributed by atoms with van der Waals surface area (Å²) in [5, 5.41) is 5.07. The SMILES string of the molecule is O=C1NC(=O)/C(=C\c2ccnc(N3CCC(CNCc4cc(F)cc(-c5ccccc5OC(F)(F)F)n4)CC3)n2)S1. The number of carbonyl (C=O) groups excluding carboxylic acids is 2. The molecule has 2 fully saturated rings. The lowest BCUT2D eigenvalue weighted by molar-refractivity contribution is -0.274. The number of nitrogens with zero attached hydrogens (tertiary/aromatic N) is 4. The number of amides is 2. The molecule has 0 spiro atoms. The molecule has 14 heteroatoms. The van der Waals surface area contributed by atoms with Gasteiger partial charge in [0.1, 0.15) is 11.6 Å². The number of rotatable bonds is 8. The molecule has 0 radical (unpaired) electrons. The zero-order chi connectivity index (χ0) is 29.0. The maximum absolute atomic E-state index is 14.4. The van der Waals surface area contributed by atoms with Gasteiger partial charge in [-0.1, -0.05) is 12.1 Å². The highest BCUT2D eigenvalue weighted by Crippen LogP contribution is 2.33. The van der Waals surface area contributed by atoms with Crippen molar-refractivity contribution in [3.8, 4) is 17.0 Å². The van der Waals surface area contributed by atoms with E-state index >= 15 is 0 Å². The molecule has 2 saturated heterocycles. The van der Waals surface area contributed by atoms with Gasteiger partial charge in [-0.25, -0.2) is 14.4 Å². The Morgan fingerprint density at radius 1 is 1.12 bits per heavy atom. The number of alkyl halides is 3. The van der Waals surface area contributed by atoms with Crippen LogP contribution in [0.4, 0.5) is 28.3 Å². The third kappa shape index (κ3) is 7.58. The minimum atomic E-state index is -4.88. The number of ether oxygens (including phenoxy) is 1. The molecule has 2 aliphatic heterocycles. The predicted octanol–water partition coefficient (Wildman–Crippen LogP) is 4.91. The number of piperidine rings is 1. The van der Waals surface area contributed by atoms with Crippen molar-refractivity contribution in [1.29, 1.82) is 0 Å². The fraction of sp³-hybridized carbons (Fsp3) is 0.296. The van der Waals surface area contributed by atoms with Crippen LogP contribution in [0.2, 0.25) is 0 Å². The van der Waals surface area contributed by atoms with E-state index in [2.05, 4.69) is 30.3 Å². The second-order valence-electron chi connectivity index (χ2n) is 9.40. The topological polar surface area (TPSA) is 109 Å². The van der Waals surface area contributed by atoms with Gasteiger partial charge in [0.15, 0.2) is 0 Å². The number of pyridine rings is 1. The quantitative estimate of drug-likeness (QED) is 0.280. The molecule has 5 rings (SSSR count). The second-order valence-corrected chi connectivity index (χ2v) is 10.4. The van der Waals surface area contributed by atoms with E-state index in [4.69, 9.17) is 0 Å². The zero-order valence-electron chi connectivity index (χ0n) is 21.4. The minimum Gasteiger partial charge on any atom is -0.405 e. The van der Waals surface area contributed by atoms with E-state index in [9.17, 15) is 27.2 Å². The summed E-state index contributed by atoms with van der Waals surface area (Å²) in [5.41, 5.74) is 0.973. The van der Waals surface area contributed by atoms with Crippen molar-refractivity contribution in [1.82, 2.24) is 25.6 Å². The Labute approximate surface area is 236 Å². The lowest BCUT2D eigenvalue weighted by atomic mass is 9.97. The van der Waals surface area contributed by atoms with E-state index < -0.39 is 29.1 Å². The maximum Gasteiger partial charge on any atom is 0.573 e. The van der Waals surface area contributed by atoms with Crippen molar-refractivity contribution in [2.75, 3.05) is 24.5 Å². The fourth-order valence-corrected chi connectivity index (χ4v) is 5.23. The van der Waals surface area contributed by atoms with E-state index in [0.717, 1.165) is 36.7 Å². The molecule has 9 nitrogen and oxygen atoms in total. The first kappa shape index (κ1) is 28.5.